The van der Waals surface area contributed by atoms with Gasteiger partial charge >= 0.3 is 0 Å². The van der Waals surface area contributed by atoms with Gasteiger partial charge in [-0.25, -0.2) is 0 Å². The third kappa shape index (κ3) is 3.09. The molecule has 0 spiro atoms. The van der Waals surface area contributed by atoms with E-state index in [2.05, 4.69) is 42.5 Å². The van der Waals surface area contributed by atoms with Crippen molar-refractivity contribution in [1.82, 2.24) is 4.57 Å². The number of nitrogens with zero attached hydrogens (tertiary/aromatic N) is 2. The molecule has 3 rings (SSSR count). The first-order valence-electron chi connectivity index (χ1n) is 7.45. The van der Waals surface area contributed by atoms with Crippen molar-refractivity contribution in [2.75, 3.05) is 0 Å². The summed E-state index contributed by atoms with van der Waals surface area (Å²) >= 11 is 7.41. The quantitative estimate of drug-likeness (QED) is 0.661. The first-order valence-corrected chi connectivity index (χ1v) is 8.64. The van der Waals surface area contributed by atoms with Gasteiger partial charge in [0.05, 0.1) is 10.2 Å². The van der Waals surface area contributed by atoms with Gasteiger partial charge in [-0.1, -0.05) is 22.9 Å². The Bertz CT molecular complexity index is 952. The van der Waals surface area contributed by atoms with Crippen LogP contribution in [-0.4, -0.2) is 10.5 Å². The summed E-state index contributed by atoms with van der Waals surface area (Å²) in [5.74, 6) is -0.246. The molecule has 23 heavy (non-hydrogen) atoms. The Morgan fingerprint density at radius 1 is 1.17 bits per heavy atom. The van der Waals surface area contributed by atoms with Crippen LogP contribution in [0.3, 0.4) is 0 Å². The molecular weight excluding hydrogens is 328 g/mol. The van der Waals surface area contributed by atoms with Crippen LogP contribution in [0, 0.1) is 13.8 Å². The SMILES string of the molecule is CCn1c(=NC(=O)c2ccc(Cl)cc2)sc2cc(C)c(C)cc21. The number of hydrogen-bond acceptors (Lipinski definition) is 2. The molecule has 118 valence electrons. The molecule has 0 saturated carbocycles. The average Bonchev–Trinajstić information content (AvgIpc) is 2.84. The number of benzene rings is 2. The molecule has 0 bridgehead atoms. The molecule has 0 unspecified atom stereocenters. The molecule has 0 aliphatic carbocycles. The number of aromatic nitrogens is 1. The molecule has 3 nitrogen and oxygen atoms in total. The number of aryl methyl sites for hydroxylation is 3. The fourth-order valence-corrected chi connectivity index (χ4v) is 3.75. The van der Waals surface area contributed by atoms with Crippen molar-refractivity contribution in [2.45, 2.75) is 27.3 Å². The van der Waals surface area contributed by atoms with E-state index in [0.29, 0.717) is 10.6 Å². The van der Waals surface area contributed by atoms with Crippen LogP contribution < -0.4 is 4.80 Å². The van der Waals surface area contributed by atoms with Gasteiger partial charge in [0.25, 0.3) is 5.91 Å². The normalized spacial score (nSPS) is 12.1. The van der Waals surface area contributed by atoms with Crippen LogP contribution >= 0.6 is 22.9 Å². The lowest BCUT2D eigenvalue weighted by atomic mass is 10.1. The molecule has 5 heteroatoms. The Hall–Kier alpha value is -1.91. The van der Waals surface area contributed by atoms with Crippen molar-refractivity contribution in [3.05, 3.63) is 62.9 Å². The second-order valence-corrected chi connectivity index (χ2v) is 6.90. The number of rotatable bonds is 2. The lowest BCUT2D eigenvalue weighted by Crippen LogP contribution is -2.15. The molecule has 2 aromatic carbocycles. The molecule has 0 fully saturated rings. The van der Waals surface area contributed by atoms with E-state index in [0.717, 1.165) is 21.6 Å². The van der Waals surface area contributed by atoms with E-state index in [1.807, 2.05) is 0 Å². The Kier molecular flexibility index (Phi) is 4.37. The summed E-state index contributed by atoms with van der Waals surface area (Å²) in [5, 5.41) is 0.609. The highest BCUT2D eigenvalue weighted by atomic mass is 35.5. The number of halogens is 1. The Balaban J connectivity index is 2.14. The molecule has 0 aliphatic rings. The zero-order chi connectivity index (χ0) is 16.6. The van der Waals surface area contributed by atoms with E-state index in [-0.39, 0.29) is 5.91 Å². The maximum Gasteiger partial charge on any atom is 0.279 e. The van der Waals surface area contributed by atoms with E-state index in [4.69, 9.17) is 11.6 Å². The fraction of sp³-hybridized carbons (Fsp3) is 0.222. The summed E-state index contributed by atoms with van der Waals surface area (Å²) in [5.41, 5.74) is 4.16. The zero-order valence-corrected chi connectivity index (χ0v) is 14.8. The van der Waals surface area contributed by atoms with E-state index in [9.17, 15) is 4.79 Å². The highest BCUT2D eigenvalue weighted by Crippen LogP contribution is 2.22. The van der Waals surface area contributed by atoms with Gasteiger partial charge in [0.15, 0.2) is 4.80 Å². The zero-order valence-electron chi connectivity index (χ0n) is 13.3. The first-order chi connectivity index (χ1) is 11.0. The molecular formula is C18H17ClN2OS. The maximum atomic E-state index is 12.4. The topological polar surface area (TPSA) is 34.4 Å². The van der Waals surface area contributed by atoms with Crippen LogP contribution in [0.25, 0.3) is 10.2 Å². The van der Waals surface area contributed by atoms with Crippen LogP contribution in [0.5, 0.6) is 0 Å². The number of carbonyl (C=O) groups is 1. The van der Waals surface area contributed by atoms with Crippen molar-refractivity contribution >= 4 is 39.1 Å². The minimum absolute atomic E-state index is 0.246. The van der Waals surface area contributed by atoms with Crippen LogP contribution in [0.1, 0.15) is 28.4 Å². The van der Waals surface area contributed by atoms with Crippen LogP contribution in [-0.2, 0) is 6.54 Å². The van der Waals surface area contributed by atoms with E-state index < -0.39 is 0 Å². The van der Waals surface area contributed by atoms with Gasteiger partial charge in [0.2, 0.25) is 0 Å². The van der Waals surface area contributed by atoms with Gasteiger partial charge in [-0.3, -0.25) is 4.79 Å². The molecule has 0 atom stereocenters. The summed E-state index contributed by atoms with van der Waals surface area (Å²) < 4.78 is 3.23. The third-order valence-corrected chi connectivity index (χ3v) is 5.20. The lowest BCUT2D eigenvalue weighted by molar-refractivity contribution is 0.0998. The highest BCUT2D eigenvalue weighted by molar-refractivity contribution is 7.16. The van der Waals surface area contributed by atoms with Crippen molar-refractivity contribution in [1.29, 1.82) is 0 Å². The van der Waals surface area contributed by atoms with Crippen molar-refractivity contribution in [3.63, 3.8) is 0 Å². The molecule has 0 radical (unpaired) electrons. The standard InChI is InChI=1S/C18H17ClN2OS/c1-4-21-15-9-11(2)12(3)10-16(15)23-18(21)20-17(22)13-5-7-14(19)8-6-13/h5-10H,4H2,1-3H3. The molecule has 0 saturated heterocycles. The molecule has 0 N–H and O–H groups in total. The van der Waals surface area contributed by atoms with Crippen molar-refractivity contribution in [2.24, 2.45) is 4.99 Å². The van der Waals surface area contributed by atoms with Crippen LogP contribution in [0.2, 0.25) is 5.02 Å². The molecule has 1 aromatic heterocycles. The summed E-state index contributed by atoms with van der Waals surface area (Å²) in [4.78, 5) is 17.4. The second-order valence-electron chi connectivity index (χ2n) is 5.46. The Labute approximate surface area is 143 Å². The number of thiazole rings is 1. The number of amides is 1. The summed E-state index contributed by atoms with van der Waals surface area (Å²) in [6.45, 7) is 7.03. The predicted octanol–water partition coefficient (Wildman–Crippen LogP) is 4.73. The van der Waals surface area contributed by atoms with Gasteiger partial charge in [0, 0.05) is 17.1 Å². The minimum atomic E-state index is -0.246. The smallest absolute Gasteiger partial charge is 0.279 e. The fourth-order valence-electron chi connectivity index (χ4n) is 2.46. The summed E-state index contributed by atoms with van der Waals surface area (Å²) in [6.07, 6.45) is 0. The van der Waals surface area contributed by atoms with Gasteiger partial charge in [-0.2, -0.15) is 4.99 Å². The Morgan fingerprint density at radius 3 is 2.48 bits per heavy atom. The molecule has 1 amide bonds. The average molecular weight is 345 g/mol. The first kappa shape index (κ1) is 16.0. The van der Waals surface area contributed by atoms with Gasteiger partial charge < -0.3 is 4.57 Å². The van der Waals surface area contributed by atoms with Crippen LogP contribution in [0.4, 0.5) is 0 Å². The van der Waals surface area contributed by atoms with Gasteiger partial charge in [-0.05, 0) is 68.3 Å². The minimum Gasteiger partial charge on any atom is -0.317 e. The van der Waals surface area contributed by atoms with Crippen LogP contribution in [0.15, 0.2) is 41.4 Å². The number of hydrogen-bond donors (Lipinski definition) is 0. The maximum absolute atomic E-state index is 12.4. The number of carbonyl (C=O) groups excluding carboxylic acids is 1. The van der Waals surface area contributed by atoms with E-state index in [1.165, 1.54) is 11.1 Å². The second kappa shape index (κ2) is 6.30. The van der Waals surface area contributed by atoms with Gasteiger partial charge in [0.1, 0.15) is 0 Å². The number of fused-ring (bicyclic) bond motifs is 1. The summed E-state index contributed by atoms with van der Waals surface area (Å²) in [6, 6.07) is 11.1. The third-order valence-electron chi connectivity index (χ3n) is 3.90. The van der Waals surface area contributed by atoms with E-state index >= 15 is 0 Å². The molecule has 3 aromatic rings. The summed E-state index contributed by atoms with van der Waals surface area (Å²) in [7, 11) is 0. The molecule has 1 heterocycles. The monoisotopic (exact) mass is 344 g/mol. The lowest BCUT2D eigenvalue weighted by Gasteiger charge is -2.03. The molecule has 0 aliphatic heterocycles. The largest absolute Gasteiger partial charge is 0.317 e. The highest BCUT2D eigenvalue weighted by Gasteiger charge is 2.09. The van der Waals surface area contributed by atoms with Crippen molar-refractivity contribution < 1.29 is 4.79 Å². The van der Waals surface area contributed by atoms with Crippen molar-refractivity contribution in [3.8, 4) is 0 Å². The van der Waals surface area contributed by atoms with E-state index in [1.54, 1.807) is 35.6 Å². The Morgan fingerprint density at radius 2 is 1.83 bits per heavy atom. The van der Waals surface area contributed by atoms with Gasteiger partial charge in [-0.15, -0.1) is 0 Å². The predicted molar refractivity (Wildman–Crippen MR) is 96.3 cm³/mol.